The lowest BCUT2D eigenvalue weighted by Gasteiger charge is -2.45. The summed E-state index contributed by atoms with van der Waals surface area (Å²) in [4.78, 5) is 2.64. The van der Waals surface area contributed by atoms with E-state index in [-0.39, 0.29) is 11.6 Å². The van der Waals surface area contributed by atoms with Crippen molar-refractivity contribution in [2.75, 3.05) is 13.1 Å². The van der Waals surface area contributed by atoms with Gasteiger partial charge >= 0.3 is 0 Å². The second kappa shape index (κ2) is 6.55. The van der Waals surface area contributed by atoms with Crippen molar-refractivity contribution >= 4 is 0 Å². The van der Waals surface area contributed by atoms with Gasteiger partial charge in [-0.25, -0.2) is 0 Å². The second-order valence-electron chi connectivity index (χ2n) is 5.42. The van der Waals surface area contributed by atoms with Gasteiger partial charge in [0.05, 0.1) is 0 Å². The Morgan fingerprint density at radius 2 is 1.76 bits per heavy atom. The third kappa shape index (κ3) is 3.11. The SMILES string of the molecule is C=C(CC)CC(N)C(CC)(CC)N1CCCC1. The predicted octanol–water partition coefficient (Wildman–Crippen LogP) is 3.32. The van der Waals surface area contributed by atoms with E-state index in [0.29, 0.717) is 0 Å². The molecule has 1 atom stereocenters. The van der Waals surface area contributed by atoms with E-state index in [1.54, 1.807) is 0 Å². The molecule has 0 spiro atoms. The average molecular weight is 238 g/mol. The summed E-state index contributed by atoms with van der Waals surface area (Å²) in [6.07, 6.45) is 7.02. The summed E-state index contributed by atoms with van der Waals surface area (Å²) in [5, 5.41) is 0. The molecule has 1 rings (SSSR count). The van der Waals surface area contributed by atoms with E-state index in [1.165, 1.54) is 31.5 Å². The molecule has 0 amide bonds. The molecule has 1 heterocycles. The van der Waals surface area contributed by atoms with Crippen molar-refractivity contribution in [3.05, 3.63) is 12.2 Å². The van der Waals surface area contributed by atoms with Crippen LogP contribution in [-0.2, 0) is 0 Å². The largest absolute Gasteiger partial charge is 0.326 e. The quantitative estimate of drug-likeness (QED) is 0.689. The molecule has 2 nitrogen and oxygen atoms in total. The summed E-state index contributed by atoms with van der Waals surface area (Å²) in [6.45, 7) is 13.3. The number of hydrogen-bond acceptors (Lipinski definition) is 2. The standard InChI is InChI=1S/C15H30N2/c1-5-13(4)12-14(16)15(6-2,7-3)17-10-8-9-11-17/h14H,4-12,16H2,1-3H3. The van der Waals surface area contributed by atoms with Crippen LogP contribution in [0.1, 0.15) is 59.3 Å². The minimum atomic E-state index is 0.203. The van der Waals surface area contributed by atoms with Crippen LogP contribution in [0.5, 0.6) is 0 Å². The molecule has 1 fully saturated rings. The van der Waals surface area contributed by atoms with Gasteiger partial charge in [-0.1, -0.05) is 32.9 Å². The number of hydrogen-bond donors (Lipinski definition) is 1. The molecular formula is C15H30N2. The lowest BCUT2D eigenvalue weighted by Crippen LogP contribution is -2.58. The van der Waals surface area contributed by atoms with Crippen LogP contribution in [0.2, 0.25) is 0 Å². The smallest absolute Gasteiger partial charge is 0.0358 e. The normalized spacial score (nSPS) is 19.5. The Morgan fingerprint density at radius 3 is 2.18 bits per heavy atom. The van der Waals surface area contributed by atoms with Crippen molar-refractivity contribution in [2.45, 2.75) is 70.9 Å². The Morgan fingerprint density at radius 1 is 1.24 bits per heavy atom. The van der Waals surface area contributed by atoms with E-state index in [9.17, 15) is 0 Å². The maximum absolute atomic E-state index is 6.53. The Hall–Kier alpha value is -0.340. The van der Waals surface area contributed by atoms with Crippen molar-refractivity contribution < 1.29 is 0 Å². The van der Waals surface area contributed by atoms with Crippen LogP contribution in [0.15, 0.2) is 12.2 Å². The molecule has 1 aliphatic heterocycles. The molecule has 0 radical (unpaired) electrons. The summed E-state index contributed by atoms with van der Waals surface area (Å²) in [5.41, 5.74) is 8.03. The van der Waals surface area contributed by atoms with E-state index < -0.39 is 0 Å². The average Bonchev–Trinajstić information content (AvgIpc) is 2.85. The molecule has 0 aromatic carbocycles. The summed E-state index contributed by atoms with van der Waals surface area (Å²) in [6, 6.07) is 0.239. The van der Waals surface area contributed by atoms with Crippen LogP contribution in [0.3, 0.4) is 0 Å². The van der Waals surface area contributed by atoms with Crippen molar-refractivity contribution in [3.8, 4) is 0 Å². The van der Waals surface area contributed by atoms with Crippen LogP contribution in [-0.4, -0.2) is 29.6 Å². The molecule has 0 aliphatic carbocycles. The van der Waals surface area contributed by atoms with Gasteiger partial charge in [-0.05, 0) is 51.6 Å². The van der Waals surface area contributed by atoms with E-state index in [0.717, 1.165) is 25.7 Å². The van der Waals surface area contributed by atoms with Crippen LogP contribution >= 0.6 is 0 Å². The number of nitrogens with two attached hydrogens (primary N) is 1. The Bertz CT molecular complexity index is 237. The molecule has 1 saturated heterocycles. The van der Waals surface area contributed by atoms with E-state index in [4.69, 9.17) is 5.73 Å². The highest BCUT2D eigenvalue weighted by atomic mass is 15.2. The van der Waals surface area contributed by atoms with Crippen molar-refractivity contribution in [1.29, 1.82) is 0 Å². The molecule has 1 aliphatic rings. The van der Waals surface area contributed by atoms with Gasteiger partial charge in [0.25, 0.3) is 0 Å². The maximum atomic E-state index is 6.53. The number of rotatable bonds is 7. The lowest BCUT2D eigenvalue weighted by molar-refractivity contribution is 0.0766. The van der Waals surface area contributed by atoms with Crippen LogP contribution in [0.25, 0.3) is 0 Å². The fraction of sp³-hybridized carbons (Fsp3) is 0.867. The van der Waals surface area contributed by atoms with E-state index >= 15 is 0 Å². The van der Waals surface area contributed by atoms with Crippen LogP contribution in [0, 0.1) is 0 Å². The predicted molar refractivity (Wildman–Crippen MR) is 76.1 cm³/mol. The zero-order valence-corrected chi connectivity index (χ0v) is 12.0. The first-order valence-corrected chi connectivity index (χ1v) is 7.28. The van der Waals surface area contributed by atoms with Gasteiger partial charge in [-0.3, -0.25) is 4.90 Å². The first kappa shape index (κ1) is 14.7. The van der Waals surface area contributed by atoms with Gasteiger partial charge in [-0.2, -0.15) is 0 Å². The minimum Gasteiger partial charge on any atom is -0.326 e. The minimum absolute atomic E-state index is 0.203. The summed E-state index contributed by atoms with van der Waals surface area (Å²) in [5.74, 6) is 0. The highest BCUT2D eigenvalue weighted by Gasteiger charge is 2.40. The molecule has 100 valence electrons. The van der Waals surface area contributed by atoms with Gasteiger partial charge in [0.2, 0.25) is 0 Å². The van der Waals surface area contributed by atoms with Crippen molar-refractivity contribution in [1.82, 2.24) is 4.90 Å². The Kier molecular flexibility index (Phi) is 5.68. The van der Waals surface area contributed by atoms with Gasteiger partial charge in [-0.15, -0.1) is 0 Å². The molecule has 17 heavy (non-hydrogen) atoms. The molecule has 0 bridgehead atoms. The molecule has 2 N–H and O–H groups in total. The highest BCUT2D eigenvalue weighted by molar-refractivity contribution is 5.06. The first-order valence-electron chi connectivity index (χ1n) is 7.28. The molecule has 0 aromatic heterocycles. The molecule has 1 unspecified atom stereocenters. The number of nitrogens with zero attached hydrogens (tertiary/aromatic N) is 1. The molecular weight excluding hydrogens is 208 g/mol. The third-order valence-corrected chi connectivity index (χ3v) is 4.66. The maximum Gasteiger partial charge on any atom is 0.0358 e. The van der Waals surface area contributed by atoms with Gasteiger partial charge < -0.3 is 5.73 Å². The van der Waals surface area contributed by atoms with E-state index in [2.05, 4.69) is 32.3 Å². The van der Waals surface area contributed by atoms with Gasteiger partial charge in [0, 0.05) is 11.6 Å². The summed E-state index contributed by atoms with van der Waals surface area (Å²) < 4.78 is 0. The van der Waals surface area contributed by atoms with Crippen LogP contribution in [0.4, 0.5) is 0 Å². The highest BCUT2D eigenvalue weighted by Crippen LogP contribution is 2.33. The van der Waals surface area contributed by atoms with Crippen molar-refractivity contribution in [2.24, 2.45) is 5.73 Å². The summed E-state index contributed by atoms with van der Waals surface area (Å²) in [7, 11) is 0. The zero-order chi connectivity index (χ0) is 12.9. The second-order valence-corrected chi connectivity index (χ2v) is 5.42. The Balaban J connectivity index is 2.77. The monoisotopic (exact) mass is 238 g/mol. The number of likely N-dealkylation sites (tertiary alicyclic amines) is 1. The third-order valence-electron chi connectivity index (χ3n) is 4.66. The zero-order valence-electron chi connectivity index (χ0n) is 12.0. The summed E-state index contributed by atoms with van der Waals surface area (Å²) >= 11 is 0. The van der Waals surface area contributed by atoms with Crippen LogP contribution < -0.4 is 5.73 Å². The molecule has 0 saturated carbocycles. The molecule has 0 aromatic rings. The van der Waals surface area contributed by atoms with E-state index in [1.807, 2.05) is 0 Å². The fourth-order valence-electron chi connectivity index (χ4n) is 3.26. The molecule has 2 heteroatoms. The Labute approximate surface area is 107 Å². The topological polar surface area (TPSA) is 29.3 Å². The van der Waals surface area contributed by atoms with Gasteiger partial charge in [0.15, 0.2) is 0 Å². The van der Waals surface area contributed by atoms with Gasteiger partial charge in [0.1, 0.15) is 0 Å². The lowest BCUT2D eigenvalue weighted by atomic mass is 9.80. The first-order chi connectivity index (χ1) is 8.10. The van der Waals surface area contributed by atoms with Crippen molar-refractivity contribution in [3.63, 3.8) is 0 Å². The fourth-order valence-corrected chi connectivity index (χ4v) is 3.26.